The van der Waals surface area contributed by atoms with Crippen LogP contribution in [0.4, 0.5) is 4.39 Å². The quantitative estimate of drug-likeness (QED) is 0.160. The summed E-state index contributed by atoms with van der Waals surface area (Å²) in [5.41, 5.74) is 1.71. The van der Waals surface area contributed by atoms with Crippen LogP contribution in [-0.2, 0) is 49.4 Å². The Morgan fingerprint density at radius 2 is 1.63 bits per heavy atom. The highest BCUT2D eigenvalue weighted by Crippen LogP contribution is 2.26. The van der Waals surface area contributed by atoms with Crippen molar-refractivity contribution in [2.75, 3.05) is 39.4 Å². The summed E-state index contributed by atoms with van der Waals surface area (Å²) < 4.78 is 32.2. The molecule has 3 N–H and O–H groups in total. The van der Waals surface area contributed by atoms with E-state index in [1.807, 2.05) is 53.9 Å². The van der Waals surface area contributed by atoms with Crippen molar-refractivity contribution in [3.05, 3.63) is 58.9 Å². The Kier molecular flexibility index (Phi) is 22.9. The van der Waals surface area contributed by atoms with Gasteiger partial charge in [-0.3, -0.25) is 19.2 Å². The Labute approximate surface area is 372 Å². The van der Waals surface area contributed by atoms with E-state index in [-0.39, 0.29) is 30.7 Å². The predicted molar refractivity (Wildman–Crippen MR) is 240 cm³/mol. The molecule has 0 saturated heterocycles. The van der Waals surface area contributed by atoms with Crippen LogP contribution in [0.1, 0.15) is 94.1 Å². The van der Waals surface area contributed by atoms with Crippen molar-refractivity contribution in [1.29, 1.82) is 0 Å². The zero-order valence-corrected chi connectivity index (χ0v) is 39.9. The molecule has 0 aromatic heterocycles. The van der Waals surface area contributed by atoms with E-state index < -0.39 is 90.4 Å². The summed E-state index contributed by atoms with van der Waals surface area (Å²) in [5, 5.41) is 8.67. The Hall–Kier alpha value is -4.28. The third-order valence-electron chi connectivity index (χ3n) is 11.3. The minimum atomic E-state index is -1.11. The Morgan fingerprint density at radius 1 is 0.984 bits per heavy atom. The minimum absolute atomic E-state index is 0.0154. The number of esters is 2. The summed E-state index contributed by atoms with van der Waals surface area (Å²) >= 11 is 1.48. The fourth-order valence-corrected chi connectivity index (χ4v) is 7.34. The van der Waals surface area contributed by atoms with Gasteiger partial charge in [-0.25, -0.2) is 14.0 Å². The molecular weight excluding hydrogens is 818 g/mol. The molecule has 2 rings (SSSR count). The molecule has 16 heteroatoms. The molecule has 0 spiro atoms. The second-order valence-corrected chi connectivity index (χ2v) is 17.7. The van der Waals surface area contributed by atoms with E-state index in [1.54, 1.807) is 26.8 Å². The number of nitrogens with zero attached hydrogens (tertiary/aromatic N) is 2. The van der Waals surface area contributed by atoms with Crippen LogP contribution in [0.25, 0.3) is 0 Å². The zero-order chi connectivity index (χ0) is 46.8. The normalized spacial score (nSPS) is 28.1. The van der Waals surface area contributed by atoms with Crippen molar-refractivity contribution in [1.82, 2.24) is 25.8 Å². The number of amides is 4. The monoisotopic (exact) mass is 890 g/mol. The Morgan fingerprint density at radius 3 is 2.21 bits per heavy atom. The number of nitrogens with one attached hydrogen (secondary N) is 3. The first kappa shape index (κ1) is 53.9. The summed E-state index contributed by atoms with van der Waals surface area (Å²) in [7, 11) is 2.91. The van der Waals surface area contributed by atoms with E-state index in [9.17, 15) is 33.2 Å². The molecule has 0 aliphatic carbocycles. The summed E-state index contributed by atoms with van der Waals surface area (Å²) in [4.78, 5) is 85.3. The van der Waals surface area contributed by atoms with E-state index in [0.717, 1.165) is 5.57 Å². The average molecular weight is 890 g/mol. The first-order valence-corrected chi connectivity index (χ1v) is 22.9. The zero-order valence-electron chi connectivity index (χ0n) is 39.0. The highest BCUT2D eigenvalue weighted by Gasteiger charge is 2.36. The van der Waals surface area contributed by atoms with Gasteiger partial charge in [0.1, 0.15) is 36.2 Å². The molecule has 4 amide bonds. The first-order chi connectivity index (χ1) is 29.1. The van der Waals surface area contributed by atoms with E-state index >= 15 is 0 Å². The van der Waals surface area contributed by atoms with Crippen LogP contribution >= 0.6 is 11.8 Å². The maximum Gasteiger partial charge on any atom is 0.333 e. The number of hydrogen-bond donors (Lipinski definition) is 3. The van der Waals surface area contributed by atoms with Crippen molar-refractivity contribution < 1.29 is 47.4 Å². The van der Waals surface area contributed by atoms with Crippen molar-refractivity contribution in [3.63, 3.8) is 0 Å². The lowest BCUT2D eigenvalue weighted by molar-refractivity contribution is -0.155. The van der Waals surface area contributed by atoms with E-state index in [1.165, 1.54) is 66.8 Å². The van der Waals surface area contributed by atoms with Crippen molar-refractivity contribution in [2.45, 2.75) is 137 Å². The summed E-state index contributed by atoms with van der Waals surface area (Å²) in [6, 6.07) is 1.49. The van der Waals surface area contributed by atoms with Crippen LogP contribution < -0.4 is 16.0 Å². The maximum absolute atomic E-state index is 14.2. The van der Waals surface area contributed by atoms with Gasteiger partial charge in [0, 0.05) is 38.6 Å². The number of benzene rings is 1. The average Bonchev–Trinajstić information content (AvgIpc) is 3.23. The number of halogens is 1. The second kappa shape index (κ2) is 26.4. The van der Waals surface area contributed by atoms with E-state index in [4.69, 9.17) is 14.2 Å². The largest absolute Gasteiger partial charge is 0.458 e. The summed E-state index contributed by atoms with van der Waals surface area (Å²) in [6.45, 7) is 17.8. The summed E-state index contributed by atoms with van der Waals surface area (Å²) in [6.07, 6.45) is 4.99. The van der Waals surface area contributed by atoms with Crippen molar-refractivity contribution in [3.8, 4) is 0 Å². The van der Waals surface area contributed by atoms with Gasteiger partial charge in [0.15, 0.2) is 0 Å². The van der Waals surface area contributed by atoms with Gasteiger partial charge in [0.25, 0.3) is 0 Å². The molecule has 1 aliphatic heterocycles. The Bertz CT molecular complexity index is 1720. The molecule has 62 heavy (non-hydrogen) atoms. The van der Waals surface area contributed by atoms with Gasteiger partial charge in [-0.2, -0.15) is 0 Å². The number of ether oxygens (including phenoxy) is 3. The smallest absolute Gasteiger partial charge is 0.333 e. The van der Waals surface area contributed by atoms with E-state index in [0.29, 0.717) is 36.3 Å². The number of thioether (sulfide) groups is 1. The fraction of sp³-hybridized carbons (Fsp3) is 0.652. The molecule has 14 nitrogen and oxygen atoms in total. The third kappa shape index (κ3) is 16.8. The molecule has 1 aromatic carbocycles. The predicted octanol–water partition coefficient (Wildman–Crippen LogP) is 5.20. The topological polar surface area (TPSA) is 173 Å². The number of carbonyl (C=O) groups excluding carboxylic acids is 6. The highest BCUT2D eigenvalue weighted by atomic mass is 32.2. The third-order valence-corrected chi connectivity index (χ3v) is 11.7. The molecular formula is C46H72FN5O9S. The van der Waals surface area contributed by atoms with E-state index in [2.05, 4.69) is 16.0 Å². The molecule has 1 unspecified atom stereocenters. The van der Waals surface area contributed by atoms with Crippen LogP contribution in [0.3, 0.4) is 0 Å². The van der Waals surface area contributed by atoms with Gasteiger partial charge in [0.05, 0.1) is 24.6 Å². The highest BCUT2D eigenvalue weighted by molar-refractivity contribution is 7.98. The van der Waals surface area contributed by atoms with Crippen LogP contribution in [0, 0.1) is 23.6 Å². The van der Waals surface area contributed by atoms with Crippen LogP contribution in [0.5, 0.6) is 0 Å². The second-order valence-electron chi connectivity index (χ2n) is 16.9. The van der Waals surface area contributed by atoms with Gasteiger partial charge < -0.3 is 40.0 Å². The van der Waals surface area contributed by atoms with Crippen LogP contribution in [-0.4, -0.2) is 127 Å². The van der Waals surface area contributed by atoms with Gasteiger partial charge in [0.2, 0.25) is 23.6 Å². The summed E-state index contributed by atoms with van der Waals surface area (Å²) in [5.74, 6) is -4.18. The number of rotatable bonds is 10. The maximum atomic E-state index is 14.2. The minimum Gasteiger partial charge on any atom is -0.458 e. The molecule has 348 valence electrons. The lowest BCUT2D eigenvalue weighted by atomic mass is 9.90. The van der Waals surface area contributed by atoms with Gasteiger partial charge in [-0.1, -0.05) is 65.3 Å². The van der Waals surface area contributed by atoms with Gasteiger partial charge in [-0.15, -0.1) is 11.8 Å². The number of cyclic esters (lactones) is 2. The van der Waals surface area contributed by atoms with Crippen LogP contribution in [0.2, 0.25) is 0 Å². The molecule has 9 atom stereocenters. The molecule has 1 heterocycles. The Balaban J connectivity index is 2.64. The molecule has 1 aromatic rings. The molecule has 1 aliphatic rings. The fourth-order valence-electron chi connectivity index (χ4n) is 7.03. The van der Waals surface area contributed by atoms with Crippen molar-refractivity contribution in [2.24, 2.45) is 17.8 Å². The number of likely N-dealkylation sites (N-methyl/N-ethyl adjacent to an activating group) is 2. The van der Waals surface area contributed by atoms with Crippen molar-refractivity contribution >= 4 is 47.3 Å². The lowest BCUT2D eigenvalue weighted by Crippen LogP contribution is -2.57. The number of allylic oxidation sites excluding steroid dienone is 1. The SMILES string of the molecule is C/C=C(\C)[C@H]1OC(=O)[C@@H](C)NC(=O)[C@H](C(C)CC)NC(=O)CN(C)C(=O)[C@@H](Cc2ccc(F)cc2)N(C)C(=O)[C@H](C)NC[C@@H](CC(C)C)OC(=O)/C(C)=C/C[C@H](OCSC)[C@@H]1C. The number of hydrogen-bond acceptors (Lipinski definition) is 11. The van der Waals surface area contributed by atoms with Gasteiger partial charge >= 0.3 is 11.9 Å². The molecule has 0 radical (unpaired) electrons. The first-order valence-electron chi connectivity index (χ1n) is 21.6. The van der Waals surface area contributed by atoms with Crippen LogP contribution in [0.15, 0.2) is 47.6 Å². The standard InChI is InChI=1S/C46H72FN5O9S/c1-14-28(5)40-42(54)49-33(10)46(58)61-41(29(6)15-2)31(8)38(59-26-62-13)21-16-30(7)45(57)60-36(22-27(3)4)24-48-32(9)43(55)52(12)37(23-34-17-19-35(47)20-18-34)44(56)51(11)25-39(53)50-40/h15-20,27-28,31-33,36-38,40-41,48H,14,21-26H2,1-13H3,(H,49,54)(H,50,53)/b29-15+,30-16+/t28?,31-,32-,33+,36+,37+,38-,40-,41+/m0/s1. The molecule has 0 saturated carbocycles. The molecule has 0 fully saturated rings. The van der Waals surface area contributed by atoms with Gasteiger partial charge in [-0.05, 0) is 88.8 Å². The number of carbonyl (C=O) groups is 6. The molecule has 0 bridgehead atoms. The lowest BCUT2D eigenvalue weighted by Gasteiger charge is -2.33.